The lowest BCUT2D eigenvalue weighted by molar-refractivity contribution is -0.127. The Bertz CT molecular complexity index is 949. The van der Waals surface area contributed by atoms with Crippen molar-refractivity contribution in [3.63, 3.8) is 0 Å². The number of carbonyl (C=O) groups excluding carboxylic acids is 1. The standard InChI is InChI=1S/C18H19N3O5S/c22-18(20-12-13-3-6-19-7-4-13)15-5-8-21(15)27(23,24)14-1-2-16-17(11-14)26-10-9-25-16/h1-4,6-7,11,15H,5,8-10,12H2,(H,20,22). The lowest BCUT2D eigenvalue weighted by atomic mass is 10.1. The topological polar surface area (TPSA) is 97.8 Å². The molecule has 0 radical (unpaired) electrons. The molecule has 0 spiro atoms. The van der Waals surface area contributed by atoms with E-state index in [0.717, 1.165) is 5.56 Å². The summed E-state index contributed by atoms with van der Waals surface area (Å²) >= 11 is 0. The fourth-order valence-electron chi connectivity index (χ4n) is 3.04. The highest BCUT2D eigenvalue weighted by Gasteiger charge is 2.43. The SMILES string of the molecule is O=C(NCc1ccncc1)C1CCN1S(=O)(=O)c1ccc2c(c1)OCCO2. The summed E-state index contributed by atoms with van der Waals surface area (Å²) in [5.74, 6) is 0.621. The lowest BCUT2D eigenvalue weighted by Gasteiger charge is -2.38. The Morgan fingerprint density at radius 1 is 1.15 bits per heavy atom. The van der Waals surface area contributed by atoms with Gasteiger partial charge in [-0.1, -0.05) is 0 Å². The predicted octanol–water partition coefficient (Wildman–Crippen LogP) is 0.932. The number of amides is 1. The molecule has 1 unspecified atom stereocenters. The number of nitrogens with one attached hydrogen (secondary N) is 1. The van der Waals surface area contributed by atoms with E-state index in [0.29, 0.717) is 44.2 Å². The van der Waals surface area contributed by atoms with Crippen LogP contribution in [-0.2, 0) is 21.4 Å². The summed E-state index contributed by atoms with van der Waals surface area (Å²) in [6.07, 6.45) is 3.78. The van der Waals surface area contributed by atoms with Crippen molar-refractivity contribution in [1.82, 2.24) is 14.6 Å². The third kappa shape index (κ3) is 3.47. The van der Waals surface area contributed by atoms with Gasteiger partial charge in [-0.25, -0.2) is 8.42 Å². The number of carbonyl (C=O) groups is 1. The van der Waals surface area contributed by atoms with Gasteiger partial charge in [-0.3, -0.25) is 9.78 Å². The average Bonchev–Trinajstić information content (AvgIpc) is 2.65. The third-order valence-electron chi connectivity index (χ3n) is 4.61. The van der Waals surface area contributed by atoms with Gasteiger partial charge in [0.25, 0.3) is 0 Å². The molecule has 2 aromatic rings. The fourth-order valence-corrected chi connectivity index (χ4v) is 4.69. The van der Waals surface area contributed by atoms with Crippen molar-refractivity contribution >= 4 is 15.9 Å². The number of nitrogens with zero attached hydrogens (tertiary/aromatic N) is 2. The minimum absolute atomic E-state index is 0.0957. The summed E-state index contributed by atoms with van der Waals surface area (Å²) < 4.78 is 38.0. The predicted molar refractivity (Wildman–Crippen MR) is 95.8 cm³/mol. The normalized spacial score (nSPS) is 19.2. The van der Waals surface area contributed by atoms with Crippen LogP contribution in [0.4, 0.5) is 0 Å². The van der Waals surface area contributed by atoms with E-state index < -0.39 is 16.1 Å². The first-order valence-corrected chi connectivity index (χ1v) is 10.1. The van der Waals surface area contributed by atoms with Crippen LogP contribution >= 0.6 is 0 Å². The number of sulfonamides is 1. The summed E-state index contributed by atoms with van der Waals surface area (Å²) in [5.41, 5.74) is 0.902. The number of rotatable bonds is 5. The zero-order valence-corrected chi connectivity index (χ0v) is 15.3. The van der Waals surface area contributed by atoms with Gasteiger partial charge in [-0.15, -0.1) is 0 Å². The van der Waals surface area contributed by atoms with E-state index in [-0.39, 0.29) is 10.8 Å². The van der Waals surface area contributed by atoms with Gasteiger partial charge in [-0.2, -0.15) is 4.31 Å². The van der Waals surface area contributed by atoms with Crippen molar-refractivity contribution in [2.75, 3.05) is 19.8 Å². The number of ether oxygens (including phenoxy) is 2. The van der Waals surface area contributed by atoms with E-state index in [4.69, 9.17) is 9.47 Å². The van der Waals surface area contributed by atoms with Crippen molar-refractivity contribution in [3.05, 3.63) is 48.3 Å². The number of benzene rings is 1. The summed E-state index contributed by atoms with van der Waals surface area (Å²) in [6, 6.07) is 7.40. The highest BCUT2D eigenvalue weighted by Crippen LogP contribution is 2.35. The number of fused-ring (bicyclic) bond motifs is 1. The van der Waals surface area contributed by atoms with Crippen molar-refractivity contribution in [1.29, 1.82) is 0 Å². The Labute approximate surface area is 157 Å². The highest BCUT2D eigenvalue weighted by molar-refractivity contribution is 7.89. The van der Waals surface area contributed by atoms with E-state index in [1.807, 2.05) is 0 Å². The minimum atomic E-state index is -3.79. The number of aromatic nitrogens is 1. The van der Waals surface area contributed by atoms with Crippen LogP contribution in [0.25, 0.3) is 0 Å². The average molecular weight is 389 g/mol. The molecule has 1 aromatic heterocycles. The van der Waals surface area contributed by atoms with Crippen LogP contribution in [0.3, 0.4) is 0 Å². The first-order chi connectivity index (χ1) is 13.1. The van der Waals surface area contributed by atoms with E-state index >= 15 is 0 Å². The smallest absolute Gasteiger partial charge is 0.243 e. The maximum absolute atomic E-state index is 12.9. The summed E-state index contributed by atoms with van der Waals surface area (Å²) in [4.78, 5) is 16.5. The van der Waals surface area contributed by atoms with E-state index in [2.05, 4.69) is 10.3 Å². The quantitative estimate of drug-likeness (QED) is 0.817. The van der Waals surface area contributed by atoms with Crippen molar-refractivity contribution < 1.29 is 22.7 Å². The third-order valence-corrected chi connectivity index (χ3v) is 6.51. The molecule has 3 heterocycles. The van der Waals surface area contributed by atoms with Crippen LogP contribution in [0.15, 0.2) is 47.6 Å². The first kappa shape index (κ1) is 17.7. The number of pyridine rings is 1. The van der Waals surface area contributed by atoms with E-state index in [9.17, 15) is 13.2 Å². The van der Waals surface area contributed by atoms with Crippen molar-refractivity contribution in [2.24, 2.45) is 0 Å². The molecular weight excluding hydrogens is 370 g/mol. The van der Waals surface area contributed by atoms with Gasteiger partial charge in [0.2, 0.25) is 15.9 Å². The fraction of sp³-hybridized carbons (Fsp3) is 0.333. The van der Waals surface area contributed by atoms with E-state index in [1.54, 1.807) is 30.6 Å². The van der Waals surface area contributed by atoms with Crippen LogP contribution in [-0.4, -0.2) is 49.4 Å². The van der Waals surface area contributed by atoms with Gasteiger partial charge in [0.15, 0.2) is 11.5 Å². The zero-order valence-electron chi connectivity index (χ0n) is 14.5. The monoisotopic (exact) mass is 389 g/mol. The molecule has 4 rings (SSSR count). The minimum Gasteiger partial charge on any atom is -0.486 e. The largest absolute Gasteiger partial charge is 0.486 e. The highest BCUT2D eigenvalue weighted by atomic mass is 32.2. The van der Waals surface area contributed by atoms with Crippen LogP contribution in [0.5, 0.6) is 11.5 Å². The molecule has 1 amide bonds. The first-order valence-electron chi connectivity index (χ1n) is 8.64. The molecule has 1 fully saturated rings. The maximum Gasteiger partial charge on any atom is 0.243 e. The Hall–Kier alpha value is -2.65. The molecular formula is C18H19N3O5S. The Morgan fingerprint density at radius 3 is 2.59 bits per heavy atom. The Morgan fingerprint density at radius 2 is 1.89 bits per heavy atom. The molecule has 27 heavy (non-hydrogen) atoms. The van der Waals surface area contributed by atoms with Crippen molar-refractivity contribution in [2.45, 2.75) is 23.9 Å². The number of hydrogen-bond acceptors (Lipinski definition) is 6. The molecule has 2 aliphatic heterocycles. The number of hydrogen-bond donors (Lipinski definition) is 1. The molecule has 1 atom stereocenters. The molecule has 0 aliphatic carbocycles. The summed E-state index contributed by atoms with van der Waals surface area (Å²) in [7, 11) is -3.79. The molecule has 142 valence electrons. The zero-order chi connectivity index (χ0) is 18.9. The van der Waals surface area contributed by atoms with Crippen LogP contribution < -0.4 is 14.8 Å². The van der Waals surface area contributed by atoms with Crippen molar-refractivity contribution in [3.8, 4) is 11.5 Å². The molecule has 2 aliphatic rings. The molecule has 1 aromatic carbocycles. The van der Waals surface area contributed by atoms with Gasteiger partial charge < -0.3 is 14.8 Å². The Balaban J connectivity index is 1.46. The van der Waals surface area contributed by atoms with Crippen LogP contribution in [0.2, 0.25) is 0 Å². The van der Waals surface area contributed by atoms with Gasteiger partial charge in [0.1, 0.15) is 19.3 Å². The summed E-state index contributed by atoms with van der Waals surface area (Å²) in [5, 5.41) is 2.79. The van der Waals surface area contributed by atoms with Gasteiger partial charge in [-0.05, 0) is 36.2 Å². The molecule has 9 heteroatoms. The second-order valence-electron chi connectivity index (χ2n) is 6.30. The Kier molecular flexibility index (Phi) is 4.71. The second kappa shape index (κ2) is 7.16. The molecule has 1 N–H and O–H groups in total. The molecule has 0 bridgehead atoms. The molecule has 8 nitrogen and oxygen atoms in total. The van der Waals surface area contributed by atoms with Crippen LogP contribution in [0.1, 0.15) is 12.0 Å². The maximum atomic E-state index is 12.9. The van der Waals surface area contributed by atoms with E-state index in [1.165, 1.54) is 16.4 Å². The summed E-state index contributed by atoms with van der Waals surface area (Å²) in [6.45, 7) is 1.45. The second-order valence-corrected chi connectivity index (χ2v) is 8.19. The van der Waals surface area contributed by atoms with Gasteiger partial charge in [0.05, 0.1) is 4.90 Å². The van der Waals surface area contributed by atoms with Gasteiger partial charge in [0, 0.05) is 31.5 Å². The van der Waals surface area contributed by atoms with Crippen LogP contribution in [0, 0.1) is 0 Å². The molecule has 0 saturated carbocycles. The van der Waals surface area contributed by atoms with Gasteiger partial charge >= 0.3 is 0 Å². The molecule has 1 saturated heterocycles. The lowest BCUT2D eigenvalue weighted by Crippen LogP contribution is -2.57.